The van der Waals surface area contributed by atoms with E-state index in [4.69, 9.17) is 0 Å². The van der Waals surface area contributed by atoms with Crippen LogP contribution in [-0.2, 0) is 0 Å². The van der Waals surface area contributed by atoms with Gasteiger partial charge in [0.25, 0.3) is 0 Å². The first-order chi connectivity index (χ1) is 8.61. The van der Waals surface area contributed by atoms with Gasteiger partial charge in [-0.2, -0.15) is 0 Å². The normalized spacial score (nSPS) is 20.1. The number of anilines is 1. The number of aldehydes is 1. The fourth-order valence-electron chi connectivity index (χ4n) is 2.48. The fraction of sp³-hybridized carbons (Fsp3) is 0.500. The van der Waals surface area contributed by atoms with Gasteiger partial charge in [0.15, 0.2) is 6.29 Å². The molecule has 1 unspecified atom stereocenters. The first-order valence-electron chi connectivity index (χ1n) is 6.28. The maximum atomic E-state index is 10.8. The number of carbonyl (C=O) groups excluding carboxylic acids is 1. The van der Waals surface area contributed by atoms with Crippen molar-refractivity contribution in [3.05, 3.63) is 28.2 Å². The molecule has 1 aliphatic rings. The summed E-state index contributed by atoms with van der Waals surface area (Å²) >= 11 is 3.43. The molecule has 0 saturated carbocycles. The van der Waals surface area contributed by atoms with Crippen LogP contribution in [0, 0.1) is 0 Å². The van der Waals surface area contributed by atoms with Crippen LogP contribution in [0.25, 0.3) is 0 Å². The van der Waals surface area contributed by atoms with Gasteiger partial charge in [-0.15, -0.1) is 0 Å². The zero-order valence-corrected chi connectivity index (χ0v) is 12.5. The molecule has 0 aromatic heterocycles. The standard InChI is InChI=1S/C14H19BrN2O/c1-16-7-3-4-13(16)9-17(2)12-6-5-11(10-18)14(15)8-12/h5-6,8,10,13H,3-4,7,9H2,1-2H3. The quantitative estimate of drug-likeness (QED) is 0.799. The van der Waals surface area contributed by atoms with Crippen LogP contribution in [0.15, 0.2) is 22.7 Å². The SMILES string of the molecule is CN(CC1CCCN1C)c1ccc(C=O)c(Br)c1. The van der Waals surface area contributed by atoms with Crippen LogP contribution in [0.2, 0.25) is 0 Å². The second-order valence-electron chi connectivity index (χ2n) is 4.98. The molecule has 0 aliphatic carbocycles. The summed E-state index contributed by atoms with van der Waals surface area (Å²) in [6, 6.07) is 6.52. The van der Waals surface area contributed by atoms with Gasteiger partial charge in [0.05, 0.1) is 0 Å². The van der Waals surface area contributed by atoms with E-state index in [1.165, 1.54) is 19.4 Å². The molecule has 1 aliphatic heterocycles. The predicted molar refractivity (Wildman–Crippen MR) is 78.5 cm³/mol. The minimum Gasteiger partial charge on any atom is -0.373 e. The van der Waals surface area contributed by atoms with E-state index in [0.717, 1.165) is 23.0 Å². The van der Waals surface area contributed by atoms with Crippen LogP contribution in [0.3, 0.4) is 0 Å². The van der Waals surface area contributed by atoms with Crippen LogP contribution in [-0.4, -0.2) is 44.4 Å². The number of nitrogens with zero attached hydrogens (tertiary/aromatic N) is 2. The summed E-state index contributed by atoms with van der Waals surface area (Å²) < 4.78 is 0.863. The molecule has 0 bridgehead atoms. The molecule has 3 nitrogen and oxygen atoms in total. The fourth-order valence-corrected chi connectivity index (χ4v) is 2.94. The molecule has 2 rings (SSSR count). The van der Waals surface area contributed by atoms with Gasteiger partial charge in [-0.1, -0.05) is 0 Å². The minimum absolute atomic E-state index is 0.638. The molecule has 0 spiro atoms. The summed E-state index contributed by atoms with van der Waals surface area (Å²) in [4.78, 5) is 15.5. The molecule has 1 fully saturated rings. The predicted octanol–water partition coefficient (Wildman–Crippen LogP) is 2.79. The third-order valence-electron chi connectivity index (χ3n) is 3.71. The highest BCUT2D eigenvalue weighted by molar-refractivity contribution is 9.10. The Bertz CT molecular complexity index is 436. The maximum Gasteiger partial charge on any atom is 0.151 e. The lowest BCUT2D eigenvalue weighted by atomic mass is 10.1. The Hall–Kier alpha value is -0.870. The average molecular weight is 311 g/mol. The van der Waals surface area contributed by atoms with Gasteiger partial charge in [-0.3, -0.25) is 4.79 Å². The van der Waals surface area contributed by atoms with Gasteiger partial charge in [0.2, 0.25) is 0 Å². The molecule has 1 saturated heterocycles. The van der Waals surface area contributed by atoms with Gasteiger partial charge >= 0.3 is 0 Å². The Morgan fingerprint density at radius 3 is 2.89 bits per heavy atom. The van der Waals surface area contributed by atoms with Crippen molar-refractivity contribution in [3.63, 3.8) is 0 Å². The number of rotatable bonds is 4. The topological polar surface area (TPSA) is 23.6 Å². The highest BCUT2D eigenvalue weighted by Crippen LogP contribution is 2.24. The number of likely N-dealkylation sites (tertiary alicyclic amines) is 1. The monoisotopic (exact) mass is 310 g/mol. The van der Waals surface area contributed by atoms with E-state index < -0.39 is 0 Å². The van der Waals surface area contributed by atoms with Crippen molar-refractivity contribution >= 4 is 27.9 Å². The maximum absolute atomic E-state index is 10.8. The zero-order valence-electron chi connectivity index (χ0n) is 10.9. The number of hydrogen-bond donors (Lipinski definition) is 0. The second-order valence-corrected chi connectivity index (χ2v) is 5.84. The van der Waals surface area contributed by atoms with Gasteiger partial charge in [-0.05, 0) is 60.6 Å². The molecule has 0 N–H and O–H groups in total. The summed E-state index contributed by atoms with van der Waals surface area (Å²) in [5.41, 5.74) is 1.85. The van der Waals surface area contributed by atoms with Crippen LogP contribution >= 0.6 is 15.9 Å². The van der Waals surface area contributed by atoms with E-state index in [0.29, 0.717) is 11.6 Å². The molecule has 4 heteroatoms. The Kier molecular flexibility index (Phi) is 4.40. The van der Waals surface area contributed by atoms with Crippen molar-refractivity contribution in [2.75, 3.05) is 32.1 Å². The zero-order chi connectivity index (χ0) is 13.1. The largest absolute Gasteiger partial charge is 0.373 e. The van der Waals surface area contributed by atoms with E-state index in [9.17, 15) is 4.79 Å². The van der Waals surface area contributed by atoms with Gasteiger partial charge < -0.3 is 9.80 Å². The lowest BCUT2D eigenvalue weighted by molar-refractivity contribution is 0.112. The molecular weight excluding hydrogens is 292 g/mol. The smallest absolute Gasteiger partial charge is 0.151 e. The van der Waals surface area contributed by atoms with E-state index in [1.54, 1.807) is 0 Å². The Morgan fingerprint density at radius 2 is 2.33 bits per heavy atom. The Morgan fingerprint density at radius 1 is 1.56 bits per heavy atom. The van der Waals surface area contributed by atoms with Crippen molar-refractivity contribution in [3.8, 4) is 0 Å². The summed E-state index contributed by atoms with van der Waals surface area (Å²) in [6.07, 6.45) is 3.44. The Labute approximate surface area is 117 Å². The molecule has 1 aromatic carbocycles. The lowest BCUT2D eigenvalue weighted by Gasteiger charge is -2.27. The number of likely N-dealkylation sites (N-methyl/N-ethyl adjacent to an activating group) is 2. The molecule has 1 heterocycles. The molecular formula is C14H19BrN2O. The summed E-state index contributed by atoms with van der Waals surface area (Å²) in [6.45, 7) is 2.23. The highest BCUT2D eigenvalue weighted by Gasteiger charge is 2.22. The van der Waals surface area contributed by atoms with E-state index in [-0.39, 0.29) is 0 Å². The second kappa shape index (κ2) is 5.85. The van der Waals surface area contributed by atoms with E-state index in [1.807, 2.05) is 18.2 Å². The number of benzene rings is 1. The molecule has 98 valence electrons. The van der Waals surface area contributed by atoms with Crippen LogP contribution < -0.4 is 4.90 Å². The van der Waals surface area contributed by atoms with Gasteiger partial charge in [0.1, 0.15) is 0 Å². The van der Waals surface area contributed by atoms with Crippen molar-refractivity contribution < 1.29 is 4.79 Å². The van der Waals surface area contributed by atoms with Crippen molar-refractivity contribution in [1.82, 2.24) is 4.90 Å². The molecule has 0 amide bonds. The first-order valence-corrected chi connectivity index (χ1v) is 7.07. The number of hydrogen-bond acceptors (Lipinski definition) is 3. The third kappa shape index (κ3) is 2.93. The molecule has 1 aromatic rings. The van der Waals surface area contributed by atoms with Crippen LogP contribution in [0.4, 0.5) is 5.69 Å². The number of carbonyl (C=O) groups is 1. The van der Waals surface area contributed by atoms with Crippen molar-refractivity contribution in [1.29, 1.82) is 0 Å². The number of halogens is 1. The van der Waals surface area contributed by atoms with Gasteiger partial charge in [-0.25, -0.2) is 0 Å². The van der Waals surface area contributed by atoms with Crippen LogP contribution in [0.1, 0.15) is 23.2 Å². The highest BCUT2D eigenvalue weighted by atomic mass is 79.9. The van der Waals surface area contributed by atoms with Crippen molar-refractivity contribution in [2.45, 2.75) is 18.9 Å². The van der Waals surface area contributed by atoms with E-state index >= 15 is 0 Å². The molecule has 0 radical (unpaired) electrons. The first kappa shape index (κ1) is 13.6. The third-order valence-corrected chi connectivity index (χ3v) is 4.39. The molecule has 18 heavy (non-hydrogen) atoms. The molecule has 1 atom stereocenters. The van der Waals surface area contributed by atoms with Crippen LogP contribution in [0.5, 0.6) is 0 Å². The average Bonchev–Trinajstić information content (AvgIpc) is 2.75. The minimum atomic E-state index is 0.638. The Balaban J connectivity index is 2.06. The summed E-state index contributed by atoms with van der Waals surface area (Å²) in [5, 5.41) is 0. The lowest BCUT2D eigenvalue weighted by Crippen LogP contribution is -2.36. The summed E-state index contributed by atoms with van der Waals surface area (Å²) in [5.74, 6) is 0. The summed E-state index contributed by atoms with van der Waals surface area (Å²) in [7, 11) is 4.30. The van der Waals surface area contributed by atoms with E-state index in [2.05, 4.69) is 39.8 Å². The van der Waals surface area contributed by atoms with Crippen molar-refractivity contribution in [2.24, 2.45) is 0 Å². The van der Waals surface area contributed by atoms with Gasteiger partial charge in [0, 0.05) is 35.4 Å².